The predicted octanol–water partition coefficient (Wildman–Crippen LogP) is 3.96. The molecule has 6 rings (SSSR count). The summed E-state index contributed by atoms with van der Waals surface area (Å²) in [5.41, 5.74) is 9.44. The number of primary amides is 1. The van der Waals surface area contributed by atoms with Crippen LogP contribution in [0.2, 0.25) is 5.02 Å². The number of benzene rings is 2. The van der Waals surface area contributed by atoms with Crippen LogP contribution in [-0.4, -0.2) is 214 Å². The monoisotopic (exact) mass is 1430 g/mol. The van der Waals surface area contributed by atoms with E-state index in [0.29, 0.717) is 37.4 Å². The first-order valence-corrected chi connectivity index (χ1v) is 34.4. The topological polar surface area (TPSA) is 391 Å². The highest BCUT2D eigenvalue weighted by Crippen LogP contribution is 2.61. The first kappa shape index (κ1) is 81.6. The fourth-order valence-corrected chi connectivity index (χ4v) is 13.0. The summed E-state index contributed by atoms with van der Waals surface area (Å²) < 4.78 is 36.8. The molecule has 30 nitrogen and oxygen atoms in total. The molecule has 1 saturated carbocycles. The number of para-hydroxylation sites is 1. The average Bonchev–Trinajstić information content (AvgIpc) is 1.57. The molecule has 3 aromatic rings. The number of aryl methyl sites for hydroxylation is 1. The third-order valence-corrected chi connectivity index (χ3v) is 19.3. The Morgan fingerprint density at radius 2 is 1.58 bits per heavy atom. The van der Waals surface area contributed by atoms with Gasteiger partial charge >= 0.3 is 24.1 Å². The van der Waals surface area contributed by atoms with Gasteiger partial charge in [-0.1, -0.05) is 81.3 Å². The number of carbonyl (C=O) groups excluding carboxylic acids is 9. The van der Waals surface area contributed by atoms with E-state index in [1.165, 1.54) is 33.1 Å². The van der Waals surface area contributed by atoms with Crippen molar-refractivity contribution in [1.29, 1.82) is 0 Å². The number of hydrogen-bond donors (Lipinski definition) is 10. The molecule has 1 saturated heterocycles. The maximum Gasteiger partial charge on any atom is 0.409 e. The van der Waals surface area contributed by atoms with E-state index in [1.54, 1.807) is 45.2 Å². The number of aromatic nitrogens is 1. The van der Waals surface area contributed by atoms with Gasteiger partial charge in [-0.2, -0.15) is 0 Å². The number of alkyl carbamates (subject to hydrolysis) is 1. The number of likely N-dealkylation sites (N-methyl/N-ethyl adjacent to an activating group) is 1. The number of allylic oxidation sites excluding steroid dienone is 3. The standard InChI is InChI=1S/C70H103ClN12O18/c1-41(2)62(78-58(85)25-29-98-31-32-99-30-27-74-63(89)49(22-23-60(87)88)76-57(84)24-28-83-47(40-80(8)73-7)36-46-18-13-14-20-51(46)83)64(90)77-50(19-16-26-75-67(72)93)65(91)81(9)44(5)66(92)101-56-37-59(86)82(10)52-34-45(35-53(96-11)61(52)71)33-42(3)17-15-21-55(97-12)70(95)39-54(100-68(94)79-70)43(4)48-38-69(48,56)6/h13-15,17-18,20-21,34-36,41,43-44,48-50,54-56,62,73,95H,16,19,22-33,37-40H2,1-12H3,(H,74,89)(H,76,84)(H,77,90)(H,78,85)(H,79,94)(H,87,88)(H3,72,75,93)/b21-15+,42-17+/t43-,44-,48-,49-,50-,54-,55+,56-,62?,69-,70-/m0/s1. The minimum absolute atomic E-state index is 0.0209. The third kappa shape index (κ3) is 23.1. The lowest BCUT2D eigenvalue weighted by atomic mass is 9.83. The van der Waals surface area contributed by atoms with Gasteiger partial charge in [-0.15, -0.1) is 0 Å². The van der Waals surface area contributed by atoms with Crippen molar-refractivity contribution in [1.82, 2.24) is 51.8 Å². The molecule has 558 valence electrons. The third-order valence-electron chi connectivity index (χ3n) is 19.0. The zero-order valence-electron chi connectivity index (χ0n) is 59.9. The van der Waals surface area contributed by atoms with Gasteiger partial charge in [0.15, 0.2) is 5.72 Å². The van der Waals surface area contributed by atoms with E-state index in [2.05, 4.69) is 43.4 Å². The van der Waals surface area contributed by atoms with E-state index < -0.39 is 125 Å². The number of aliphatic carboxylic acids is 1. The van der Waals surface area contributed by atoms with Gasteiger partial charge in [-0.25, -0.2) is 19.4 Å². The summed E-state index contributed by atoms with van der Waals surface area (Å²) in [5, 5.41) is 40.3. The first-order valence-electron chi connectivity index (χ1n) is 34.1. The molecule has 2 aromatic carbocycles. The molecule has 1 aliphatic carbocycles. The van der Waals surface area contributed by atoms with E-state index in [0.717, 1.165) is 32.6 Å². The smallest absolute Gasteiger partial charge is 0.409 e. The molecule has 2 aliphatic heterocycles. The number of anilines is 1. The summed E-state index contributed by atoms with van der Waals surface area (Å²) in [6, 6.07) is 7.63. The normalized spacial score (nSPS) is 22.8. The van der Waals surface area contributed by atoms with Gasteiger partial charge in [0.25, 0.3) is 0 Å². The van der Waals surface area contributed by atoms with Crippen molar-refractivity contribution in [3.05, 3.63) is 82.5 Å². The van der Waals surface area contributed by atoms with E-state index in [9.17, 15) is 58.2 Å². The highest BCUT2D eigenvalue weighted by Gasteiger charge is 2.62. The van der Waals surface area contributed by atoms with Gasteiger partial charge in [-0.05, 0) is 106 Å². The fraction of sp³-hybridized carbons (Fsp3) is 0.600. The highest BCUT2D eigenvalue weighted by atomic mass is 35.5. The molecule has 11 atom stereocenters. The van der Waals surface area contributed by atoms with E-state index in [1.807, 2.05) is 74.8 Å². The molecule has 0 radical (unpaired) electrons. The SMILES string of the molecule is CNN(C)Cc1cc2ccccc2n1CCC(=O)N[C@@H](CCC(=O)O)C(=O)NCCOCCOCCC(=O)NC(C(=O)N[C@@H](CCCNC(N)=O)C(=O)N(C)[C@@H](C)C(=O)O[C@H]1CC(=O)N(C)c2cc(cc(OC)c2Cl)C/C(C)=C/C=C/[C@@H](OC)[C@@]2(O)C[C@H](OC(=O)N2)[C@@H](C)[C@@H]2C[C@]12C)C(C)C. The van der Waals surface area contributed by atoms with Gasteiger partial charge in [-0.3, -0.25) is 44.3 Å². The van der Waals surface area contributed by atoms with E-state index in [4.69, 9.17) is 45.8 Å². The molecule has 3 aliphatic rings. The number of esters is 1. The van der Waals surface area contributed by atoms with Crippen LogP contribution in [0.3, 0.4) is 0 Å². The number of nitrogens with two attached hydrogens (primary N) is 1. The molecule has 4 bridgehead atoms. The quantitative estimate of drug-likeness (QED) is 0.0230. The number of carboxylic acids is 1. The van der Waals surface area contributed by atoms with Crippen LogP contribution in [0.4, 0.5) is 15.3 Å². The number of halogens is 1. The molecule has 101 heavy (non-hydrogen) atoms. The summed E-state index contributed by atoms with van der Waals surface area (Å²) in [5.74, 6) is -6.51. The van der Waals surface area contributed by atoms with Crippen LogP contribution in [0.25, 0.3) is 10.9 Å². The van der Waals surface area contributed by atoms with Crippen molar-refractivity contribution in [3.63, 3.8) is 0 Å². The fourth-order valence-electron chi connectivity index (χ4n) is 12.7. The largest absolute Gasteiger partial charge is 0.495 e. The van der Waals surface area contributed by atoms with Crippen LogP contribution in [0.5, 0.6) is 5.75 Å². The summed E-state index contributed by atoms with van der Waals surface area (Å²) in [4.78, 5) is 137. The van der Waals surface area contributed by atoms with Crippen LogP contribution < -0.4 is 52.7 Å². The summed E-state index contributed by atoms with van der Waals surface area (Å²) >= 11 is 6.90. The Bertz CT molecular complexity index is 3480. The average molecular weight is 1440 g/mol. The summed E-state index contributed by atoms with van der Waals surface area (Å²) in [6.45, 7) is 11.4. The molecule has 3 heterocycles. The van der Waals surface area contributed by atoms with Gasteiger partial charge in [0.05, 0.1) is 52.2 Å². The number of methoxy groups -OCH3 is 2. The van der Waals surface area contributed by atoms with Gasteiger partial charge in [0.1, 0.15) is 53.3 Å². The number of carboxylic acid groups (broad SMARTS) is 1. The number of rotatable bonds is 34. The van der Waals surface area contributed by atoms with Gasteiger partial charge in [0, 0.05) is 90.2 Å². The van der Waals surface area contributed by atoms with Gasteiger partial charge in [0.2, 0.25) is 35.4 Å². The Balaban J connectivity index is 1.04. The highest BCUT2D eigenvalue weighted by molar-refractivity contribution is 6.35. The second-order valence-corrected chi connectivity index (χ2v) is 27.1. The second kappa shape index (κ2) is 38.0. The van der Waals surface area contributed by atoms with Crippen molar-refractivity contribution in [2.24, 2.45) is 28.9 Å². The zero-order chi connectivity index (χ0) is 74.5. The minimum Gasteiger partial charge on any atom is -0.495 e. The molecule has 0 spiro atoms. The summed E-state index contributed by atoms with van der Waals surface area (Å²) in [7, 11) is 9.47. The van der Waals surface area contributed by atoms with E-state index >= 15 is 0 Å². The van der Waals surface area contributed by atoms with Crippen molar-refractivity contribution in [2.45, 2.75) is 167 Å². The Morgan fingerprint density at radius 1 is 0.881 bits per heavy atom. The molecule has 1 unspecified atom stereocenters. The van der Waals surface area contributed by atoms with Crippen molar-refractivity contribution < 1.29 is 86.6 Å². The van der Waals surface area contributed by atoms with Crippen molar-refractivity contribution in [2.75, 3.05) is 86.8 Å². The molecule has 11 N–H and O–H groups in total. The number of amides is 9. The molecular weight excluding hydrogens is 1330 g/mol. The lowest BCUT2D eigenvalue weighted by Gasteiger charge is -2.42. The maximum atomic E-state index is 14.7. The number of nitrogens with zero attached hydrogens (tertiary/aromatic N) is 4. The Kier molecular flexibility index (Phi) is 30.7. The lowest BCUT2D eigenvalue weighted by Crippen LogP contribution is -2.63. The zero-order valence-corrected chi connectivity index (χ0v) is 60.7. The number of fused-ring (bicyclic) bond motifs is 6. The number of aliphatic hydroxyl groups is 1. The van der Waals surface area contributed by atoms with Crippen LogP contribution >= 0.6 is 11.6 Å². The maximum absolute atomic E-state index is 14.7. The van der Waals surface area contributed by atoms with Crippen LogP contribution in [-0.2, 0) is 81.6 Å². The number of urea groups is 1. The first-order chi connectivity index (χ1) is 47.8. The molecule has 2 fully saturated rings. The molecule has 31 heteroatoms. The number of hydrazine groups is 1. The van der Waals surface area contributed by atoms with Crippen molar-refractivity contribution >= 4 is 87.7 Å². The number of nitrogens with one attached hydrogen (secondary N) is 7. The van der Waals surface area contributed by atoms with E-state index in [-0.39, 0.29) is 102 Å². The number of ether oxygens (including phenoxy) is 6. The number of carbonyl (C=O) groups is 10. The summed E-state index contributed by atoms with van der Waals surface area (Å²) in [6.07, 6.45) is 1.10. The second-order valence-electron chi connectivity index (χ2n) is 26.7. The Labute approximate surface area is 594 Å². The molecular formula is C70H103ClN12O18. The predicted molar refractivity (Wildman–Crippen MR) is 375 cm³/mol. The van der Waals surface area contributed by atoms with Crippen LogP contribution in [0.1, 0.15) is 111 Å². The minimum atomic E-state index is -1.89. The molecule has 9 amide bonds. The Morgan fingerprint density at radius 3 is 2.26 bits per heavy atom. The van der Waals surface area contributed by atoms with Crippen LogP contribution in [0, 0.1) is 23.2 Å². The molecule has 1 aromatic heterocycles. The lowest BCUT2D eigenvalue weighted by molar-refractivity contribution is -0.163. The Hall–Kier alpha value is -8.39. The van der Waals surface area contributed by atoms with Crippen LogP contribution in [0.15, 0.2) is 66.3 Å². The van der Waals surface area contributed by atoms with Gasteiger partial charge < -0.3 is 85.3 Å². The number of hydrogen-bond acceptors (Lipinski definition) is 19. The van der Waals surface area contributed by atoms with Crippen molar-refractivity contribution in [3.8, 4) is 5.75 Å².